The number of benzene rings is 1. The van der Waals surface area contributed by atoms with E-state index in [-0.39, 0.29) is 0 Å². The van der Waals surface area contributed by atoms with Crippen LogP contribution in [-0.4, -0.2) is 16.5 Å². The third-order valence-electron chi connectivity index (χ3n) is 2.76. The molecule has 0 unspecified atom stereocenters. The molecular formula is C14H17N3. The van der Waals surface area contributed by atoms with Gasteiger partial charge in [-0.25, -0.2) is 9.97 Å². The highest BCUT2D eigenvalue weighted by Crippen LogP contribution is 2.21. The molecule has 2 aromatic rings. The molecule has 1 aromatic heterocycles. The van der Waals surface area contributed by atoms with Gasteiger partial charge in [-0.3, -0.25) is 0 Å². The number of aryl methyl sites for hydroxylation is 2. The molecule has 1 heterocycles. The Morgan fingerprint density at radius 1 is 1.18 bits per heavy atom. The van der Waals surface area contributed by atoms with Gasteiger partial charge in [-0.15, -0.1) is 0 Å². The van der Waals surface area contributed by atoms with E-state index in [1.807, 2.05) is 6.20 Å². The third kappa shape index (κ3) is 2.88. The number of hydrogen-bond donors (Lipinski definition) is 1. The zero-order chi connectivity index (χ0) is 12.1. The lowest BCUT2D eigenvalue weighted by atomic mass is 10.0. The quantitative estimate of drug-likeness (QED) is 0.872. The molecule has 0 aliphatic rings. The first kappa shape index (κ1) is 11.7. The summed E-state index contributed by atoms with van der Waals surface area (Å²) in [6.45, 7) is 2.78. The van der Waals surface area contributed by atoms with Crippen LogP contribution in [-0.2, 0) is 6.42 Å². The van der Waals surface area contributed by atoms with Gasteiger partial charge in [-0.05, 0) is 31.9 Å². The maximum absolute atomic E-state index is 5.54. The second-order valence-corrected chi connectivity index (χ2v) is 4.15. The van der Waals surface area contributed by atoms with Gasteiger partial charge in [0.2, 0.25) is 0 Å². The van der Waals surface area contributed by atoms with Crippen molar-refractivity contribution in [2.24, 2.45) is 5.73 Å². The van der Waals surface area contributed by atoms with Crippen molar-refractivity contribution in [3.63, 3.8) is 0 Å². The van der Waals surface area contributed by atoms with Crippen LogP contribution in [0.1, 0.15) is 17.5 Å². The van der Waals surface area contributed by atoms with E-state index in [9.17, 15) is 0 Å². The van der Waals surface area contributed by atoms with Crippen LogP contribution in [0, 0.1) is 6.92 Å². The number of nitrogens with zero attached hydrogens (tertiary/aromatic N) is 2. The van der Waals surface area contributed by atoms with Crippen molar-refractivity contribution in [1.82, 2.24) is 9.97 Å². The van der Waals surface area contributed by atoms with Crippen molar-refractivity contribution >= 4 is 0 Å². The summed E-state index contributed by atoms with van der Waals surface area (Å²) in [4.78, 5) is 8.47. The van der Waals surface area contributed by atoms with Crippen LogP contribution < -0.4 is 5.73 Å². The zero-order valence-electron chi connectivity index (χ0n) is 10.1. The molecule has 0 spiro atoms. The lowest BCUT2D eigenvalue weighted by Crippen LogP contribution is -2.02. The van der Waals surface area contributed by atoms with E-state index in [0.29, 0.717) is 6.54 Å². The molecule has 0 amide bonds. The van der Waals surface area contributed by atoms with Gasteiger partial charge < -0.3 is 5.73 Å². The van der Waals surface area contributed by atoms with Gasteiger partial charge in [0.15, 0.2) is 0 Å². The first-order valence-electron chi connectivity index (χ1n) is 5.87. The smallest absolute Gasteiger partial charge is 0.116 e. The molecule has 3 nitrogen and oxygen atoms in total. The van der Waals surface area contributed by atoms with Gasteiger partial charge in [-0.2, -0.15) is 0 Å². The molecule has 88 valence electrons. The highest BCUT2D eigenvalue weighted by molar-refractivity contribution is 5.62. The van der Waals surface area contributed by atoms with Gasteiger partial charge >= 0.3 is 0 Å². The van der Waals surface area contributed by atoms with Crippen LogP contribution >= 0.6 is 0 Å². The second-order valence-electron chi connectivity index (χ2n) is 4.15. The molecule has 0 saturated carbocycles. The molecule has 17 heavy (non-hydrogen) atoms. The Bertz CT molecular complexity index is 477. The number of nitrogens with two attached hydrogens (primary N) is 1. The lowest BCUT2D eigenvalue weighted by molar-refractivity contribution is 0.825. The molecule has 0 fully saturated rings. The Kier molecular flexibility index (Phi) is 3.83. The summed E-state index contributed by atoms with van der Waals surface area (Å²) < 4.78 is 0. The normalized spacial score (nSPS) is 10.5. The largest absolute Gasteiger partial charge is 0.330 e. The fraction of sp³-hybridized carbons (Fsp3) is 0.286. The molecule has 0 saturated heterocycles. The predicted molar refractivity (Wildman–Crippen MR) is 69.6 cm³/mol. The van der Waals surface area contributed by atoms with E-state index >= 15 is 0 Å². The highest BCUT2D eigenvalue weighted by Gasteiger charge is 2.05. The van der Waals surface area contributed by atoms with Gasteiger partial charge in [-0.1, -0.05) is 29.8 Å². The van der Waals surface area contributed by atoms with Crippen LogP contribution in [0.25, 0.3) is 11.3 Å². The minimum atomic E-state index is 0.697. The topological polar surface area (TPSA) is 51.8 Å². The summed E-state index contributed by atoms with van der Waals surface area (Å²) in [6, 6.07) is 8.40. The van der Waals surface area contributed by atoms with Gasteiger partial charge in [0.25, 0.3) is 0 Å². The number of hydrogen-bond acceptors (Lipinski definition) is 3. The van der Waals surface area contributed by atoms with E-state index in [0.717, 1.165) is 24.1 Å². The third-order valence-corrected chi connectivity index (χ3v) is 2.76. The monoisotopic (exact) mass is 227 g/mol. The first-order chi connectivity index (χ1) is 8.31. The average Bonchev–Trinajstić information content (AvgIpc) is 2.38. The summed E-state index contributed by atoms with van der Waals surface area (Å²) in [7, 11) is 0. The van der Waals surface area contributed by atoms with E-state index in [4.69, 9.17) is 5.73 Å². The lowest BCUT2D eigenvalue weighted by Gasteiger charge is -2.07. The minimum Gasteiger partial charge on any atom is -0.330 e. The summed E-state index contributed by atoms with van der Waals surface area (Å²) in [5.41, 5.74) is 10.1. The molecule has 3 heteroatoms. The minimum absolute atomic E-state index is 0.697. The van der Waals surface area contributed by atoms with Gasteiger partial charge in [0, 0.05) is 11.8 Å². The van der Waals surface area contributed by atoms with Crippen LogP contribution in [0.3, 0.4) is 0 Å². The Morgan fingerprint density at radius 3 is 2.65 bits per heavy atom. The fourth-order valence-electron chi connectivity index (χ4n) is 1.81. The van der Waals surface area contributed by atoms with Crippen LogP contribution in [0.4, 0.5) is 0 Å². The molecule has 2 rings (SSSR count). The summed E-state index contributed by atoms with van der Waals surface area (Å²) in [6.07, 6.45) is 5.38. The second kappa shape index (κ2) is 5.55. The molecule has 0 bridgehead atoms. The van der Waals surface area contributed by atoms with Crippen molar-refractivity contribution in [2.45, 2.75) is 19.8 Å². The highest BCUT2D eigenvalue weighted by atomic mass is 14.8. The Labute approximate surface area is 102 Å². The molecule has 0 radical (unpaired) electrons. The number of aromatic nitrogens is 2. The van der Waals surface area contributed by atoms with E-state index < -0.39 is 0 Å². The molecular weight excluding hydrogens is 210 g/mol. The molecule has 0 aliphatic carbocycles. The van der Waals surface area contributed by atoms with Crippen LogP contribution in [0.2, 0.25) is 0 Å². The summed E-state index contributed by atoms with van der Waals surface area (Å²) >= 11 is 0. The van der Waals surface area contributed by atoms with Crippen LogP contribution in [0.5, 0.6) is 0 Å². The van der Waals surface area contributed by atoms with E-state index in [1.54, 1.807) is 6.33 Å². The van der Waals surface area contributed by atoms with Crippen molar-refractivity contribution in [3.8, 4) is 11.3 Å². The standard InChI is InChI=1S/C14H17N3/c1-11-4-6-12(7-5-11)14-13(3-2-8-15)9-16-10-17-14/h4-7,9-10H,2-3,8,15H2,1H3. The first-order valence-corrected chi connectivity index (χ1v) is 5.87. The molecule has 1 aromatic carbocycles. The molecule has 0 aliphatic heterocycles. The SMILES string of the molecule is Cc1ccc(-c2ncncc2CCCN)cc1. The van der Waals surface area contributed by atoms with Crippen molar-refractivity contribution < 1.29 is 0 Å². The Morgan fingerprint density at radius 2 is 1.94 bits per heavy atom. The average molecular weight is 227 g/mol. The molecule has 2 N–H and O–H groups in total. The fourth-order valence-corrected chi connectivity index (χ4v) is 1.81. The van der Waals surface area contributed by atoms with Crippen molar-refractivity contribution in [2.75, 3.05) is 6.54 Å². The molecule has 0 atom stereocenters. The van der Waals surface area contributed by atoms with Gasteiger partial charge in [0.05, 0.1) is 5.69 Å². The Balaban J connectivity index is 2.33. The van der Waals surface area contributed by atoms with Crippen molar-refractivity contribution in [1.29, 1.82) is 0 Å². The van der Waals surface area contributed by atoms with Crippen LogP contribution in [0.15, 0.2) is 36.8 Å². The zero-order valence-corrected chi connectivity index (χ0v) is 10.1. The van der Waals surface area contributed by atoms with Crippen molar-refractivity contribution in [3.05, 3.63) is 47.9 Å². The summed E-state index contributed by atoms with van der Waals surface area (Å²) in [5, 5.41) is 0. The number of rotatable bonds is 4. The van der Waals surface area contributed by atoms with E-state index in [1.165, 1.54) is 11.1 Å². The summed E-state index contributed by atoms with van der Waals surface area (Å²) in [5.74, 6) is 0. The predicted octanol–water partition coefficient (Wildman–Crippen LogP) is 2.34. The van der Waals surface area contributed by atoms with E-state index in [2.05, 4.69) is 41.2 Å². The Hall–Kier alpha value is -1.74. The maximum atomic E-state index is 5.54. The van der Waals surface area contributed by atoms with Gasteiger partial charge in [0.1, 0.15) is 6.33 Å². The maximum Gasteiger partial charge on any atom is 0.116 e.